The first-order valence-corrected chi connectivity index (χ1v) is 9.11. The summed E-state index contributed by atoms with van der Waals surface area (Å²) in [6, 6.07) is 17.0. The van der Waals surface area contributed by atoms with Crippen molar-refractivity contribution < 1.29 is 19.1 Å². The second-order valence-corrected chi connectivity index (χ2v) is 7.75. The molecule has 0 bridgehead atoms. The van der Waals surface area contributed by atoms with E-state index in [2.05, 4.69) is 5.32 Å². The monoisotopic (exact) mass is 367 g/mol. The zero-order valence-corrected chi connectivity index (χ0v) is 15.9. The van der Waals surface area contributed by atoms with Crippen LogP contribution in [0.15, 0.2) is 54.6 Å². The third-order valence-electron chi connectivity index (χ3n) is 4.30. The number of ether oxygens (including phenoxy) is 2. The molecule has 1 aliphatic rings. The van der Waals surface area contributed by atoms with Crippen LogP contribution >= 0.6 is 0 Å². The molecule has 0 unspecified atom stereocenters. The highest BCUT2D eigenvalue weighted by Crippen LogP contribution is 2.25. The van der Waals surface area contributed by atoms with Gasteiger partial charge in [-0.1, -0.05) is 42.5 Å². The molecule has 0 aromatic heterocycles. The van der Waals surface area contributed by atoms with Gasteiger partial charge in [-0.3, -0.25) is 4.79 Å². The molecule has 1 amide bonds. The number of amides is 1. The number of benzene rings is 2. The Morgan fingerprint density at radius 1 is 1.04 bits per heavy atom. The van der Waals surface area contributed by atoms with Crippen LogP contribution in [0.25, 0.3) is 0 Å². The van der Waals surface area contributed by atoms with Gasteiger partial charge in [-0.05, 0) is 50.5 Å². The van der Waals surface area contributed by atoms with E-state index >= 15 is 0 Å². The van der Waals surface area contributed by atoms with E-state index in [0.717, 1.165) is 16.9 Å². The van der Waals surface area contributed by atoms with Crippen molar-refractivity contribution in [1.29, 1.82) is 0 Å². The van der Waals surface area contributed by atoms with Crippen LogP contribution in [0.3, 0.4) is 0 Å². The topological polar surface area (TPSA) is 64.6 Å². The van der Waals surface area contributed by atoms with E-state index in [4.69, 9.17) is 9.47 Å². The van der Waals surface area contributed by atoms with Crippen LogP contribution in [0.4, 0.5) is 0 Å². The summed E-state index contributed by atoms with van der Waals surface area (Å²) in [6.45, 7) is 5.92. The van der Waals surface area contributed by atoms with Gasteiger partial charge >= 0.3 is 5.97 Å². The average Bonchev–Trinajstić information content (AvgIpc) is 2.62. The van der Waals surface area contributed by atoms with Gasteiger partial charge in [0.15, 0.2) is 0 Å². The van der Waals surface area contributed by atoms with E-state index in [-0.39, 0.29) is 11.9 Å². The lowest BCUT2D eigenvalue weighted by Gasteiger charge is -2.36. The molecule has 2 aromatic rings. The maximum atomic E-state index is 12.3. The summed E-state index contributed by atoms with van der Waals surface area (Å²) in [5.74, 6) is -0.181. The fourth-order valence-corrected chi connectivity index (χ4v) is 2.97. The van der Waals surface area contributed by atoms with Gasteiger partial charge in [0.25, 0.3) is 0 Å². The molecule has 1 aliphatic heterocycles. The van der Waals surface area contributed by atoms with Crippen LogP contribution in [0.1, 0.15) is 31.9 Å². The van der Waals surface area contributed by atoms with Gasteiger partial charge in [-0.2, -0.15) is 0 Å². The Labute approximate surface area is 159 Å². The first-order valence-electron chi connectivity index (χ1n) is 9.11. The lowest BCUT2D eigenvalue weighted by atomic mass is 9.84. The maximum absolute atomic E-state index is 12.3. The largest absolute Gasteiger partial charge is 0.489 e. The summed E-state index contributed by atoms with van der Waals surface area (Å²) < 4.78 is 11.2. The second kappa shape index (κ2) is 7.82. The fourth-order valence-electron chi connectivity index (χ4n) is 2.97. The van der Waals surface area contributed by atoms with E-state index < -0.39 is 17.6 Å². The van der Waals surface area contributed by atoms with E-state index in [1.54, 1.807) is 0 Å². The highest BCUT2D eigenvalue weighted by Gasteiger charge is 2.45. The second-order valence-electron chi connectivity index (χ2n) is 7.75. The van der Waals surface area contributed by atoms with Crippen molar-refractivity contribution in [3.8, 4) is 5.75 Å². The lowest BCUT2D eigenvalue weighted by molar-refractivity contribution is -0.166. The van der Waals surface area contributed by atoms with E-state index in [1.165, 1.54) is 0 Å². The van der Waals surface area contributed by atoms with Crippen LogP contribution in [0.2, 0.25) is 0 Å². The predicted octanol–water partition coefficient (Wildman–Crippen LogP) is 3.26. The minimum absolute atomic E-state index is 0.124. The highest BCUT2D eigenvalue weighted by molar-refractivity contribution is 5.97. The molecule has 1 saturated heterocycles. The summed E-state index contributed by atoms with van der Waals surface area (Å²) in [6.07, 6.45) is 0.471. The first-order chi connectivity index (χ1) is 12.8. The van der Waals surface area contributed by atoms with E-state index in [9.17, 15) is 9.59 Å². The Balaban J connectivity index is 1.61. The summed E-state index contributed by atoms with van der Waals surface area (Å²) in [4.78, 5) is 24.2. The number of hydrogen-bond donors (Lipinski definition) is 1. The molecule has 142 valence electrons. The standard InChI is InChI=1S/C22H25NO4/c1-22(2,3)27-21(25)19-18(20(24)23-19)13-16-10-7-11-17(12-16)26-14-15-8-5-4-6-9-15/h4-12,18-19H,13-14H2,1-3H3,(H,23,24)/t18-,19-/m1/s1. The van der Waals surface area contributed by atoms with Crippen molar-refractivity contribution in [2.24, 2.45) is 5.92 Å². The van der Waals surface area contributed by atoms with Gasteiger partial charge < -0.3 is 14.8 Å². The number of carbonyl (C=O) groups excluding carboxylic acids is 2. The molecule has 1 N–H and O–H groups in total. The average molecular weight is 367 g/mol. The molecule has 3 rings (SSSR count). The number of β-lactam (4-membered cyclic amide) rings is 1. The summed E-state index contributed by atoms with van der Waals surface area (Å²) in [5, 5.41) is 2.65. The molecule has 2 atom stereocenters. The summed E-state index contributed by atoms with van der Waals surface area (Å²) in [5.41, 5.74) is 1.47. The molecule has 5 nitrogen and oxygen atoms in total. The molecule has 1 fully saturated rings. The van der Waals surface area contributed by atoms with Gasteiger partial charge in [-0.15, -0.1) is 0 Å². The van der Waals surface area contributed by atoms with E-state index in [0.29, 0.717) is 13.0 Å². The molecule has 27 heavy (non-hydrogen) atoms. The molecule has 0 saturated carbocycles. The number of nitrogens with one attached hydrogen (secondary N) is 1. The number of rotatable bonds is 6. The molecule has 0 aliphatic carbocycles. The number of esters is 1. The van der Waals surface area contributed by atoms with Crippen molar-refractivity contribution in [2.45, 2.75) is 45.4 Å². The highest BCUT2D eigenvalue weighted by atomic mass is 16.6. The Morgan fingerprint density at radius 2 is 1.74 bits per heavy atom. The third kappa shape index (κ3) is 5.09. The smallest absolute Gasteiger partial charge is 0.330 e. The van der Waals surface area contributed by atoms with Crippen LogP contribution in [-0.4, -0.2) is 23.5 Å². The first kappa shape index (κ1) is 19.0. The molecule has 1 heterocycles. The molecule has 2 aromatic carbocycles. The predicted molar refractivity (Wildman–Crippen MR) is 102 cm³/mol. The van der Waals surface area contributed by atoms with Gasteiger partial charge in [0, 0.05) is 0 Å². The van der Waals surface area contributed by atoms with Gasteiger partial charge in [0.1, 0.15) is 24.0 Å². The third-order valence-corrected chi connectivity index (χ3v) is 4.30. The Kier molecular flexibility index (Phi) is 5.49. The Hall–Kier alpha value is -2.82. The summed E-state index contributed by atoms with van der Waals surface area (Å²) in [7, 11) is 0. The minimum atomic E-state index is -0.592. The molecule has 5 heteroatoms. The molecule has 0 radical (unpaired) electrons. The maximum Gasteiger partial charge on any atom is 0.330 e. The van der Waals surface area contributed by atoms with Gasteiger partial charge in [-0.25, -0.2) is 4.79 Å². The normalized spacial score (nSPS) is 19.0. The number of carbonyl (C=O) groups is 2. The minimum Gasteiger partial charge on any atom is -0.489 e. The van der Waals surface area contributed by atoms with Gasteiger partial charge in [0.05, 0.1) is 5.92 Å². The van der Waals surface area contributed by atoms with Crippen molar-refractivity contribution in [2.75, 3.05) is 0 Å². The van der Waals surface area contributed by atoms with Crippen LogP contribution < -0.4 is 10.1 Å². The van der Waals surface area contributed by atoms with Gasteiger partial charge in [0.2, 0.25) is 5.91 Å². The van der Waals surface area contributed by atoms with Crippen LogP contribution in [0.5, 0.6) is 5.75 Å². The number of hydrogen-bond acceptors (Lipinski definition) is 4. The zero-order valence-electron chi connectivity index (χ0n) is 15.9. The molecular weight excluding hydrogens is 342 g/mol. The van der Waals surface area contributed by atoms with Crippen LogP contribution in [0, 0.1) is 5.92 Å². The lowest BCUT2D eigenvalue weighted by Crippen LogP contribution is -2.63. The van der Waals surface area contributed by atoms with Crippen molar-refractivity contribution in [3.05, 3.63) is 65.7 Å². The van der Waals surface area contributed by atoms with Crippen molar-refractivity contribution in [1.82, 2.24) is 5.32 Å². The summed E-state index contributed by atoms with van der Waals surface area (Å²) >= 11 is 0. The van der Waals surface area contributed by atoms with Crippen LogP contribution in [-0.2, 0) is 27.4 Å². The SMILES string of the molecule is CC(C)(C)OC(=O)[C@@H]1NC(=O)[C@@H]1Cc1cccc(OCc2ccccc2)c1. The molecular formula is C22H25NO4. The Morgan fingerprint density at radius 3 is 2.41 bits per heavy atom. The Bertz CT molecular complexity index is 811. The zero-order chi connectivity index (χ0) is 19.4. The van der Waals surface area contributed by atoms with E-state index in [1.807, 2.05) is 75.4 Å². The quantitative estimate of drug-likeness (QED) is 0.629. The van der Waals surface area contributed by atoms with Crippen molar-refractivity contribution in [3.63, 3.8) is 0 Å². The van der Waals surface area contributed by atoms with Crippen molar-refractivity contribution >= 4 is 11.9 Å². The molecule has 0 spiro atoms. The fraction of sp³-hybridized carbons (Fsp3) is 0.364.